The van der Waals surface area contributed by atoms with Gasteiger partial charge in [-0.2, -0.15) is 0 Å². The fraction of sp³-hybridized carbons (Fsp3) is 0. The zero-order valence-corrected chi connectivity index (χ0v) is 5.23. The van der Waals surface area contributed by atoms with Gasteiger partial charge in [0.25, 0.3) is 0 Å². The summed E-state index contributed by atoms with van der Waals surface area (Å²) < 4.78 is 59.6. The van der Waals surface area contributed by atoms with Crippen LogP contribution in [0.2, 0.25) is 0 Å². The third kappa shape index (κ3) is 600. The molecule has 0 bridgehead atoms. The van der Waals surface area contributed by atoms with Crippen LogP contribution in [0.3, 0.4) is 0 Å². The molecule has 0 heterocycles. The van der Waals surface area contributed by atoms with Gasteiger partial charge in [-0.1, -0.05) is 0 Å². The van der Waals surface area contributed by atoms with Crippen molar-refractivity contribution in [2.75, 3.05) is 0 Å². The summed E-state index contributed by atoms with van der Waals surface area (Å²) in [6.45, 7) is 0. The Morgan fingerprint density at radius 3 is 0.571 bits per heavy atom. The van der Waals surface area contributed by atoms with E-state index in [0.29, 0.717) is 0 Å². The summed E-state index contributed by atoms with van der Waals surface area (Å²) in [4.78, 5) is 0. The molecule has 0 aromatic carbocycles. The van der Waals surface area contributed by atoms with Crippen molar-refractivity contribution in [2.24, 2.45) is 0 Å². The molecule has 0 aromatic heterocycles. The fourth-order valence-electron chi connectivity index (χ4n) is 0. The van der Waals surface area contributed by atoms with Gasteiger partial charge in [-0.15, -0.1) is 0 Å². The van der Waals surface area contributed by atoms with Crippen LogP contribution in [0.15, 0.2) is 0 Å². The van der Waals surface area contributed by atoms with Crippen LogP contribution in [0.1, 0.15) is 0 Å². The third-order valence-corrected chi connectivity index (χ3v) is 0. The number of rotatable bonds is 0. The second-order valence-electron chi connectivity index (χ2n) is 1.07. The molecule has 48 valence electrons. The molecule has 0 saturated heterocycles. The van der Waals surface area contributed by atoms with E-state index in [9.17, 15) is 15.8 Å². The van der Waals surface area contributed by atoms with Crippen molar-refractivity contribution in [3.05, 3.63) is 0 Å². The number of halogens is 6. The van der Waals surface area contributed by atoms with Gasteiger partial charge in [-0.05, 0) is 0 Å². The van der Waals surface area contributed by atoms with Gasteiger partial charge in [-0.25, -0.2) is 0 Å². The van der Waals surface area contributed by atoms with Crippen LogP contribution in [0.25, 0.3) is 0 Å². The summed E-state index contributed by atoms with van der Waals surface area (Å²) in [6, 6.07) is 0. The summed E-state index contributed by atoms with van der Waals surface area (Å²) >= 11 is -11.3. The molecule has 0 radical (unpaired) electrons. The molecule has 0 amide bonds. The Bertz CT molecular complexity index is 62.7. The topological polar surface area (TPSA) is 0 Å². The minimum absolute atomic E-state index is 9.93. The standard InChI is InChI=1S/6FH.Zr/h6*1H;/q;;;;;;+4/p-6. The first-order valence-electron chi connectivity index (χ1n) is 1.13. The van der Waals surface area contributed by atoms with E-state index in [1.165, 1.54) is 0 Å². The molecule has 0 aliphatic heterocycles. The van der Waals surface area contributed by atoms with Crippen molar-refractivity contribution >= 4 is 0 Å². The maximum absolute atomic E-state index is 11.3. The molecule has 0 aromatic rings. The van der Waals surface area contributed by atoms with Gasteiger partial charge in [0.1, 0.15) is 0 Å². The van der Waals surface area contributed by atoms with Crippen molar-refractivity contribution < 1.29 is 36.7 Å². The first kappa shape index (κ1) is 7.46. The average Bonchev–Trinajstić information content (AvgIpc) is 0.592. The Balaban J connectivity index is 4.43. The molecule has 0 unspecified atom stereocenters. The van der Waals surface area contributed by atoms with Crippen LogP contribution in [0, 0.1) is 0 Å². The molecule has 0 fully saturated rings. The van der Waals surface area contributed by atoms with Gasteiger partial charge in [0.05, 0.1) is 0 Å². The SMILES string of the molecule is [F][Zr-2]([F])([F])([F])([F])[F]. The minimum atomic E-state index is -11.3. The second-order valence-corrected chi connectivity index (χ2v) is 6.34. The molecule has 7 heteroatoms. The van der Waals surface area contributed by atoms with E-state index in [-0.39, 0.29) is 0 Å². The van der Waals surface area contributed by atoms with E-state index in [1.54, 1.807) is 0 Å². The van der Waals surface area contributed by atoms with Gasteiger partial charge >= 0.3 is 36.7 Å². The van der Waals surface area contributed by atoms with Crippen LogP contribution in [-0.4, -0.2) is 0 Å². The molecular formula is F6Zr-2. The van der Waals surface area contributed by atoms with Gasteiger partial charge in [0.2, 0.25) is 0 Å². The van der Waals surface area contributed by atoms with Gasteiger partial charge in [-0.3, -0.25) is 0 Å². The maximum atomic E-state index is 9.93. The van der Waals surface area contributed by atoms with E-state index in [0.717, 1.165) is 0 Å². The fourth-order valence-corrected chi connectivity index (χ4v) is 0. The Morgan fingerprint density at radius 2 is 0.571 bits per heavy atom. The zero-order valence-electron chi connectivity index (χ0n) is 2.77. The van der Waals surface area contributed by atoms with Crippen LogP contribution in [0.4, 0.5) is 15.8 Å². The molecular weight excluding hydrogens is 205 g/mol. The van der Waals surface area contributed by atoms with E-state index in [1.807, 2.05) is 0 Å². The molecule has 0 spiro atoms. The van der Waals surface area contributed by atoms with Crippen molar-refractivity contribution in [1.82, 2.24) is 0 Å². The molecule has 0 aliphatic rings. The zero-order chi connectivity index (χ0) is 6.41. The quantitative estimate of drug-likeness (QED) is 0.533. The summed E-state index contributed by atoms with van der Waals surface area (Å²) in [5, 5.41) is 0. The van der Waals surface area contributed by atoms with E-state index >= 15 is 0 Å². The summed E-state index contributed by atoms with van der Waals surface area (Å²) in [7, 11) is 0. The van der Waals surface area contributed by atoms with Crippen molar-refractivity contribution in [1.29, 1.82) is 0 Å². The van der Waals surface area contributed by atoms with E-state index in [4.69, 9.17) is 0 Å². The molecule has 0 rings (SSSR count). The molecule has 0 nitrogen and oxygen atoms in total. The van der Waals surface area contributed by atoms with Gasteiger partial charge in [0.15, 0.2) is 0 Å². The average molecular weight is 205 g/mol. The first-order chi connectivity index (χ1) is 2.45. The molecule has 0 N–H and O–H groups in total. The summed E-state index contributed by atoms with van der Waals surface area (Å²) in [5.41, 5.74) is 0. The second kappa shape index (κ2) is 0.807. The first-order valence-corrected chi connectivity index (χ1v) is 6.71. The molecule has 7 heavy (non-hydrogen) atoms. The predicted molar refractivity (Wildman–Crippen MR) is 6.65 cm³/mol. The van der Waals surface area contributed by atoms with Gasteiger partial charge < -0.3 is 0 Å². The normalized spacial score (nSPS) is 23.1. The van der Waals surface area contributed by atoms with Crippen molar-refractivity contribution in [3.8, 4) is 0 Å². The van der Waals surface area contributed by atoms with E-state index < -0.39 is 21.0 Å². The van der Waals surface area contributed by atoms with Crippen molar-refractivity contribution in [2.45, 2.75) is 0 Å². The van der Waals surface area contributed by atoms with Gasteiger partial charge in [0, 0.05) is 0 Å². The molecule has 0 aliphatic carbocycles. The van der Waals surface area contributed by atoms with Crippen LogP contribution in [-0.2, 0) is 21.0 Å². The van der Waals surface area contributed by atoms with Crippen LogP contribution < -0.4 is 0 Å². The van der Waals surface area contributed by atoms with Crippen LogP contribution >= 0.6 is 0 Å². The van der Waals surface area contributed by atoms with E-state index in [2.05, 4.69) is 0 Å². The Labute approximate surface area is 37.3 Å². The number of hydrogen-bond donors (Lipinski definition) is 0. The Kier molecular flexibility index (Phi) is 0.860. The third-order valence-electron chi connectivity index (χ3n) is 0. The Morgan fingerprint density at radius 1 is 0.571 bits per heavy atom. The molecule has 0 atom stereocenters. The monoisotopic (exact) mass is 204 g/mol. The Hall–Kier alpha value is 0.463. The summed E-state index contributed by atoms with van der Waals surface area (Å²) in [5.74, 6) is 0. The van der Waals surface area contributed by atoms with Crippen LogP contribution in [0.5, 0.6) is 0 Å². The molecule has 0 saturated carbocycles. The predicted octanol–water partition coefficient (Wildman–Crippen LogP) is 2.52. The summed E-state index contributed by atoms with van der Waals surface area (Å²) in [6.07, 6.45) is 0. The number of hydrogen-bond acceptors (Lipinski definition) is 0. The van der Waals surface area contributed by atoms with Crippen molar-refractivity contribution in [3.63, 3.8) is 0 Å².